The van der Waals surface area contributed by atoms with Crippen LogP contribution in [-0.4, -0.2) is 17.8 Å². The smallest absolute Gasteiger partial charge is 0.253 e. The van der Waals surface area contributed by atoms with Crippen LogP contribution in [0, 0.1) is 6.92 Å². The average Bonchev–Trinajstić information content (AvgIpc) is 2.97. The van der Waals surface area contributed by atoms with Crippen LogP contribution >= 0.6 is 34.7 Å². The molecule has 1 aromatic heterocycles. The van der Waals surface area contributed by atoms with E-state index in [2.05, 4.69) is 14.1 Å². The van der Waals surface area contributed by atoms with E-state index in [1.165, 1.54) is 6.07 Å². The minimum Gasteiger partial charge on any atom is -0.253 e. The minimum atomic E-state index is -3.80. The topological polar surface area (TPSA) is 72.0 Å². The average molecular weight is 400 g/mol. The summed E-state index contributed by atoms with van der Waals surface area (Å²) in [5.41, 5.74) is 1.11. The van der Waals surface area contributed by atoms with E-state index in [1.807, 2.05) is 0 Å². The highest BCUT2D eigenvalue weighted by Gasteiger charge is 2.20. The van der Waals surface area contributed by atoms with Gasteiger partial charge in [0, 0.05) is 22.1 Å². The first-order chi connectivity index (χ1) is 11.4. The van der Waals surface area contributed by atoms with Crippen LogP contribution in [0.3, 0.4) is 0 Å². The molecule has 1 N–H and O–H groups in total. The van der Waals surface area contributed by atoms with Crippen molar-refractivity contribution in [3.8, 4) is 11.4 Å². The van der Waals surface area contributed by atoms with Crippen molar-refractivity contribution >= 4 is 49.9 Å². The van der Waals surface area contributed by atoms with Gasteiger partial charge in [-0.15, -0.1) is 0 Å². The van der Waals surface area contributed by atoms with Gasteiger partial charge in [0.1, 0.15) is 0 Å². The zero-order valence-corrected chi connectivity index (χ0v) is 15.5. The third kappa shape index (κ3) is 3.39. The molecule has 0 bridgehead atoms. The van der Waals surface area contributed by atoms with Crippen molar-refractivity contribution < 1.29 is 8.42 Å². The van der Waals surface area contributed by atoms with Crippen molar-refractivity contribution in [3.63, 3.8) is 0 Å². The van der Waals surface area contributed by atoms with E-state index in [1.54, 1.807) is 43.3 Å². The Morgan fingerprint density at radius 3 is 2.50 bits per heavy atom. The van der Waals surface area contributed by atoms with Gasteiger partial charge in [-0.3, -0.25) is 4.72 Å². The van der Waals surface area contributed by atoms with Crippen LogP contribution in [0.25, 0.3) is 11.4 Å². The van der Waals surface area contributed by atoms with Gasteiger partial charge in [0.25, 0.3) is 10.0 Å². The largest absolute Gasteiger partial charge is 0.264 e. The molecule has 0 fully saturated rings. The zero-order chi connectivity index (χ0) is 17.3. The molecular formula is C15H11Cl2N3O2S2. The van der Waals surface area contributed by atoms with Gasteiger partial charge < -0.3 is 0 Å². The van der Waals surface area contributed by atoms with Crippen LogP contribution in [0.5, 0.6) is 0 Å². The van der Waals surface area contributed by atoms with E-state index >= 15 is 0 Å². The summed E-state index contributed by atoms with van der Waals surface area (Å²) in [7, 11) is -3.80. The summed E-state index contributed by atoms with van der Waals surface area (Å²) in [4.78, 5) is 4.31. The highest BCUT2D eigenvalue weighted by Crippen LogP contribution is 2.29. The number of aromatic nitrogens is 2. The highest BCUT2D eigenvalue weighted by molar-refractivity contribution is 7.93. The maximum absolute atomic E-state index is 12.5. The lowest BCUT2D eigenvalue weighted by atomic mass is 10.2. The molecule has 0 radical (unpaired) electrons. The predicted molar refractivity (Wildman–Crippen MR) is 97.4 cm³/mol. The first kappa shape index (κ1) is 17.2. The van der Waals surface area contributed by atoms with E-state index in [0.717, 1.165) is 11.5 Å². The van der Waals surface area contributed by atoms with Gasteiger partial charge in [-0.05, 0) is 36.8 Å². The van der Waals surface area contributed by atoms with Gasteiger partial charge in [-0.1, -0.05) is 41.4 Å². The molecule has 0 saturated heterocycles. The Bertz CT molecular complexity index is 1000. The molecule has 0 atom stereocenters. The second kappa shape index (κ2) is 6.68. The van der Waals surface area contributed by atoms with Crippen LogP contribution in [0.2, 0.25) is 10.0 Å². The molecule has 1 heterocycles. The number of hydrogen-bond donors (Lipinski definition) is 1. The lowest BCUT2D eigenvalue weighted by molar-refractivity contribution is 0.600. The Balaban J connectivity index is 1.92. The number of anilines is 1. The normalized spacial score (nSPS) is 11.5. The minimum absolute atomic E-state index is 0.101. The van der Waals surface area contributed by atoms with Gasteiger partial charge in [-0.25, -0.2) is 8.42 Å². The summed E-state index contributed by atoms with van der Waals surface area (Å²) in [5.74, 6) is 0.367. The van der Waals surface area contributed by atoms with E-state index in [-0.39, 0.29) is 10.0 Å². The molecule has 9 heteroatoms. The Hall–Kier alpha value is -1.67. The van der Waals surface area contributed by atoms with Crippen molar-refractivity contribution in [1.82, 2.24) is 9.36 Å². The Kier molecular flexibility index (Phi) is 4.78. The van der Waals surface area contributed by atoms with Crippen molar-refractivity contribution in [2.24, 2.45) is 0 Å². The standard InChI is InChI=1S/C15H11Cl2N3O2S2/c1-9-11(16)7-4-8-13(9)24(21,22)20-15-18-14(19-23-15)10-5-2-3-6-12(10)17/h2-8H,1H3,(H,18,19,20). The third-order valence-electron chi connectivity index (χ3n) is 3.27. The molecule has 24 heavy (non-hydrogen) atoms. The maximum atomic E-state index is 12.5. The Morgan fingerprint density at radius 2 is 1.75 bits per heavy atom. The molecule has 3 aromatic rings. The molecule has 0 aliphatic carbocycles. The fraction of sp³-hybridized carbons (Fsp3) is 0.0667. The van der Waals surface area contributed by atoms with E-state index in [0.29, 0.717) is 27.0 Å². The lowest BCUT2D eigenvalue weighted by Gasteiger charge is -2.08. The van der Waals surface area contributed by atoms with E-state index < -0.39 is 10.0 Å². The molecule has 0 unspecified atom stereocenters. The summed E-state index contributed by atoms with van der Waals surface area (Å²) in [6.45, 7) is 1.65. The maximum Gasteiger partial charge on any atom is 0.264 e. The number of nitrogens with zero attached hydrogens (tertiary/aromatic N) is 2. The van der Waals surface area contributed by atoms with E-state index in [9.17, 15) is 8.42 Å². The molecule has 124 valence electrons. The molecular weight excluding hydrogens is 389 g/mol. The number of sulfonamides is 1. The van der Waals surface area contributed by atoms with Crippen LogP contribution < -0.4 is 4.72 Å². The fourth-order valence-corrected chi connectivity index (χ4v) is 4.59. The lowest BCUT2D eigenvalue weighted by Crippen LogP contribution is -2.14. The van der Waals surface area contributed by atoms with Crippen molar-refractivity contribution in [2.45, 2.75) is 11.8 Å². The number of benzene rings is 2. The molecule has 2 aromatic carbocycles. The molecule has 0 aliphatic rings. The SMILES string of the molecule is Cc1c(Cl)cccc1S(=O)(=O)Nc1nc(-c2ccccc2Cl)ns1. The molecule has 3 rings (SSSR count). The number of hydrogen-bond acceptors (Lipinski definition) is 5. The second-order valence-electron chi connectivity index (χ2n) is 4.87. The molecule has 0 aliphatic heterocycles. The highest BCUT2D eigenvalue weighted by atomic mass is 35.5. The zero-order valence-electron chi connectivity index (χ0n) is 12.3. The second-order valence-corrected chi connectivity index (χ2v) is 8.09. The van der Waals surface area contributed by atoms with E-state index in [4.69, 9.17) is 23.2 Å². The predicted octanol–water partition coefficient (Wildman–Crippen LogP) is 4.62. The Labute approximate surface area is 153 Å². The summed E-state index contributed by atoms with van der Waals surface area (Å²) in [6.07, 6.45) is 0. The molecule has 0 spiro atoms. The summed E-state index contributed by atoms with van der Waals surface area (Å²) in [5, 5.41) is 1.03. The van der Waals surface area contributed by atoms with Crippen molar-refractivity contribution in [2.75, 3.05) is 4.72 Å². The van der Waals surface area contributed by atoms with Gasteiger partial charge in [0.15, 0.2) is 5.82 Å². The first-order valence-electron chi connectivity index (χ1n) is 6.75. The number of halogens is 2. The third-order valence-corrected chi connectivity index (χ3v) is 6.25. The molecule has 0 saturated carbocycles. The summed E-state index contributed by atoms with van der Waals surface area (Å²) >= 11 is 13.0. The van der Waals surface area contributed by atoms with Crippen LogP contribution in [0.4, 0.5) is 5.13 Å². The van der Waals surface area contributed by atoms with Crippen LogP contribution in [0.15, 0.2) is 47.4 Å². The van der Waals surface area contributed by atoms with Gasteiger partial charge in [-0.2, -0.15) is 9.36 Å². The van der Waals surface area contributed by atoms with Gasteiger partial charge in [0.2, 0.25) is 5.13 Å². The fourth-order valence-electron chi connectivity index (χ4n) is 2.07. The van der Waals surface area contributed by atoms with Crippen LogP contribution in [0.1, 0.15) is 5.56 Å². The van der Waals surface area contributed by atoms with Gasteiger partial charge in [0.05, 0.1) is 9.92 Å². The van der Waals surface area contributed by atoms with Crippen molar-refractivity contribution in [1.29, 1.82) is 0 Å². The summed E-state index contributed by atoms with van der Waals surface area (Å²) < 4.78 is 31.6. The van der Waals surface area contributed by atoms with Gasteiger partial charge >= 0.3 is 0 Å². The Morgan fingerprint density at radius 1 is 1.04 bits per heavy atom. The van der Waals surface area contributed by atoms with Crippen LogP contribution in [-0.2, 0) is 10.0 Å². The van der Waals surface area contributed by atoms with Crippen molar-refractivity contribution in [3.05, 3.63) is 58.1 Å². The quantitative estimate of drug-likeness (QED) is 0.694. The summed E-state index contributed by atoms with van der Waals surface area (Å²) in [6, 6.07) is 11.8. The molecule has 0 amide bonds. The first-order valence-corrected chi connectivity index (χ1v) is 9.76. The number of nitrogens with one attached hydrogen (secondary N) is 1. The monoisotopic (exact) mass is 399 g/mol. The molecule has 5 nitrogen and oxygen atoms in total. The number of rotatable bonds is 4.